The van der Waals surface area contributed by atoms with Gasteiger partial charge in [-0.1, -0.05) is 12.8 Å². The molecule has 1 N–H and O–H groups in total. The summed E-state index contributed by atoms with van der Waals surface area (Å²) in [5.74, 6) is -2.23. The fourth-order valence-corrected chi connectivity index (χ4v) is 4.47. The van der Waals surface area contributed by atoms with Crippen LogP contribution in [0.2, 0.25) is 0 Å². The standard InChI is InChI=1S/C13H15FO4S/c14-10-5-7-11(8-6-10)19(17,18)12(13(15)16)9-3-1-2-4-9/h5-9,12H,1-4H2,(H,15,16). The summed E-state index contributed by atoms with van der Waals surface area (Å²) >= 11 is 0. The van der Waals surface area contributed by atoms with E-state index in [1.807, 2.05) is 0 Å². The lowest BCUT2D eigenvalue weighted by molar-refractivity contribution is -0.137. The predicted octanol–water partition coefficient (Wildman–Crippen LogP) is 2.24. The van der Waals surface area contributed by atoms with Crippen LogP contribution >= 0.6 is 0 Å². The van der Waals surface area contributed by atoms with Gasteiger partial charge in [-0.15, -0.1) is 0 Å². The molecular weight excluding hydrogens is 271 g/mol. The Morgan fingerprint density at radius 2 is 1.74 bits per heavy atom. The fraction of sp³-hybridized carbons (Fsp3) is 0.462. The monoisotopic (exact) mass is 286 g/mol. The quantitative estimate of drug-likeness (QED) is 0.862. The smallest absolute Gasteiger partial charge is 0.322 e. The minimum Gasteiger partial charge on any atom is -0.480 e. The van der Waals surface area contributed by atoms with E-state index >= 15 is 0 Å². The lowest BCUT2D eigenvalue weighted by atomic mass is 10.0. The molecule has 4 nitrogen and oxygen atoms in total. The molecule has 1 aromatic carbocycles. The first kappa shape index (κ1) is 14.0. The van der Waals surface area contributed by atoms with E-state index in [4.69, 9.17) is 0 Å². The topological polar surface area (TPSA) is 71.4 Å². The van der Waals surface area contributed by atoms with E-state index in [1.54, 1.807) is 0 Å². The van der Waals surface area contributed by atoms with E-state index in [2.05, 4.69) is 0 Å². The van der Waals surface area contributed by atoms with Crippen molar-refractivity contribution < 1.29 is 22.7 Å². The highest BCUT2D eigenvalue weighted by atomic mass is 32.2. The van der Waals surface area contributed by atoms with Gasteiger partial charge in [-0.3, -0.25) is 4.79 Å². The van der Waals surface area contributed by atoms with E-state index in [9.17, 15) is 22.7 Å². The van der Waals surface area contributed by atoms with Crippen molar-refractivity contribution in [1.29, 1.82) is 0 Å². The van der Waals surface area contributed by atoms with Gasteiger partial charge in [-0.05, 0) is 43.0 Å². The van der Waals surface area contributed by atoms with Crippen LogP contribution in [0, 0.1) is 11.7 Å². The number of halogens is 1. The van der Waals surface area contributed by atoms with Crippen LogP contribution in [0.3, 0.4) is 0 Å². The molecule has 1 aliphatic carbocycles. The summed E-state index contributed by atoms with van der Waals surface area (Å²) in [7, 11) is -3.97. The van der Waals surface area contributed by atoms with Gasteiger partial charge in [-0.25, -0.2) is 12.8 Å². The average Bonchev–Trinajstić information content (AvgIpc) is 2.82. The molecule has 0 aliphatic heterocycles. The van der Waals surface area contributed by atoms with Crippen LogP contribution < -0.4 is 0 Å². The average molecular weight is 286 g/mol. The fourth-order valence-electron chi connectivity index (χ4n) is 2.62. The summed E-state index contributed by atoms with van der Waals surface area (Å²) in [4.78, 5) is 11.2. The molecule has 1 atom stereocenters. The second-order valence-corrected chi connectivity index (χ2v) is 6.87. The van der Waals surface area contributed by atoms with Gasteiger partial charge in [0.2, 0.25) is 0 Å². The Morgan fingerprint density at radius 3 is 2.21 bits per heavy atom. The molecule has 1 fully saturated rings. The van der Waals surface area contributed by atoms with Crippen molar-refractivity contribution in [3.63, 3.8) is 0 Å². The van der Waals surface area contributed by atoms with Gasteiger partial charge in [0.05, 0.1) is 4.90 Å². The van der Waals surface area contributed by atoms with Crippen molar-refractivity contribution in [1.82, 2.24) is 0 Å². The Labute approximate surface area is 111 Å². The van der Waals surface area contributed by atoms with Crippen LogP contribution in [0.25, 0.3) is 0 Å². The number of carboxylic acids is 1. The Balaban J connectivity index is 2.39. The molecule has 0 amide bonds. The molecule has 104 valence electrons. The molecule has 1 unspecified atom stereocenters. The van der Waals surface area contributed by atoms with Crippen molar-refractivity contribution >= 4 is 15.8 Å². The molecule has 1 aliphatic rings. The maximum Gasteiger partial charge on any atom is 0.322 e. The highest BCUT2D eigenvalue weighted by Crippen LogP contribution is 2.33. The van der Waals surface area contributed by atoms with Gasteiger partial charge in [0.25, 0.3) is 0 Å². The first-order valence-corrected chi connectivity index (χ1v) is 7.70. The molecule has 1 aromatic rings. The zero-order valence-electron chi connectivity index (χ0n) is 10.3. The molecule has 19 heavy (non-hydrogen) atoms. The maximum atomic E-state index is 12.8. The molecule has 0 aromatic heterocycles. The number of carbonyl (C=O) groups is 1. The third kappa shape index (κ3) is 2.78. The number of hydrogen-bond donors (Lipinski definition) is 1. The van der Waals surface area contributed by atoms with Crippen molar-refractivity contribution in [2.75, 3.05) is 0 Å². The largest absolute Gasteiger partial charge is 0.480 e. The number of rotatable bonds is 4. The first-order valence-electron chi connectivity index (χ1n) is 6.15. The Kier molecular flexibility index (Phi) is 3.89. The van der Waals surface area contributed by atoms with Crippen molar-refractivity contribution in [2.24, 2.45) is 5.92 Å². The van der Waals surface area contributed by atoms with Crippen LogP contribution in [0.4, 0.5) is 4.39 Å². The van der Waals surface area contributed by atoms with E-state index < -0.39 is 26.9 Å². The SMILES string of the molecule is O=C(O)C(C1CCCC1)S(=O)(=O)c1ccc(F)cc1. The summed E-state index contributed by atoms with van der Waals surface area (Å²) in [6.07, 6.45) is 2.93. The lowest BCUT2D eigenvalue weighted by Crippen LogP contribution is -2.36. The normalized spacial score (nSPS) is 18.4. The van der Waals surface area contributed by atoms with Crippen molar-refractivity contribution in [3.05, 3.63) is 30.1 Å². The van der Waals surface area contributed by atoms with Crippen LogP contribution in [0.15, 0.2) is 29.2 Å². The van der Waals surface area contributed by atoms with Crippen LogP contribution in [-0.2, 0) is 14.6 Å². The maximum absolute atomic E-state index is 12.8. The molecule has 0 radical (unpaired) electrons. The molecular formula is C13H15FO4S. The summed E-state index contributed by atoms with van der Waals surface area (Å²) in [6.45, 7) is 0. The van der Waals surface area contributed by atoms with Gasteiger partial charge in [-0.2, -0.15) is 0 Å². The van der Waals surface area contributed by atoms with E-state index in [-0.39, 0.29) is 10.8 Å². The number of benzene rings is 1. The molecule has 0 bridgehead atoms. The second-order valence-electron chi connectivity index (χ2n) is 4.80. The number of aliphatic carboxylic acids is 1. The molecule has 6 heteroatoms. The first-order chi connectivity index (χ1) is 8.93. The number of sulfone groups is 1. The number of hydrogen-bond acceptors (Lipinski definition) is 3. The van der Waals surface area contributed by atoms with E-state index in [1.165, 1.54) is 0 Å². The van der Waals surface area contributed by atoms with Gasteiger partial charge in [0.15, 0.2) is 15.1 Å². The third-order valence-electron chi connectivity index (χ3n) is 3.55. The summed E-state index contributed by atoms with van der Waals surface area (Å²) < 4.78 is 37.6. The highest BCUT2D eigenvalue weighted by Gasteiger charge is 2.41. The van der Waals surface area contributed by atoms with Crippen LogP contribution in [0.5, 0.6) is 0 Å². The minimum atomic E-state index is -3.97. The second kappa shape index (κ2) is 5.28. The highest BCUT2D eigenvalue weighted by molar-refractivity contribution is 7.92. The van der Waals surface area contributed by atoms with Gasteiger partial charge < -0.3 is 5.11 Å². The van der Waals surface area contributed by atoms with Gasteiger partial charge in [0.1, 0.15) is 5.82 Å². The Morgan fingerprint density at radius 1 is 1.21 bits per heavy atom. The number of carboxylic acid groups (broad SMARTS) is 1. The minimum absolute atomic E-state index is 0.131. The molecule has 0 saturated heterocycles. The van der Waals surface area contributed by atoms with Crippen LogP contribution in [0.1, 0.15) is 25.7 Å². The molecule has 1 saturated carbocycles. The lowest BCUT2D eigenvalue weighted by Gasteiger charge is -2.19. The van der Waals surface area contributed by atoms with Crippen molar-refractivity contribution in [2.45, 2.75) is 35.8 Å². The summed E-state index contributed by atoms with van der Waals surface area (Å²) in [5, 5.41) is 7.80. The van der Waals surface area contributed by atoms with Crippen LogP contribution in [-0.4, -0.2) is 24.7 Å². The van der Waals surface area contributed by atoms with E-state index in [0.717, 1.165) is 37.1 Å². The van der Waals surface area contributed by atoms with E-state index in [0.29, 0.717) is 12.8 Å². The zero-order valence-corrected chi connectivity index (χ0v) is 11.1. The van der Waals surface area contributed by atoms with Gasteiger partial charge >= 0.3 is 5.97 Å². The summed E-state index contributed by atoms with van der Waals surface area (Å²) in [6, 6.07) is 4.30. The molecule has 2 rings (SSSR count). The molecule has 0 spiro atoms. The zero-order chi connectivity index (χ0) is 14.0. The Hall–Kier alpha value is -1.43. The van der Waals surface area contributed by atoms with Crippen molar-refractivity contribution in [3.8, 4) is 0 Å². The molecule has 0 heterocycles. The van der Waals surface area contributed by atoms with Gasteiger partial charge in [0, 0.05) is 0 Å². The third-order valence-corrected chi connectivity index (χ3v) is 5.73. The predicted molar refractivity (Wildman–Crippen MR) is 67.0 cm³/mol. The summed E-state index contributed by atoms with van der Waals surface area (Å²) in [5.41, 5.74) is 0. The Bertz CT molecular complexity index is 559.